The molecule has 1 saturated heterocycles. The summed E-state index contributed by atoms with van der Waals surface area (Å²) in [5, 5.41) is 4.17. The van der Waals surface area contributed by atoms with Crippen LogP contribution in [0.4, 0.5) is 0 Å². The van der Waals surface area contributed by atoms with E-state index in [0.29, 0.717) is 6.10 Å². The lowest BCUT2D eigenvalue weighted by Crippen LogP contribution is -2.39. The summed E-state index contributed by atoms with van der Waals surface area (Å²) in [7, 11) is 0. The first-order valence-corrected chi connectivity index (χ1v) is 6.83. The van der Waals surface area contributed by atoms with Gasteiger partial charge in [-0.3, -0.25) is 0 Å². The molecule has 1 aromatic carbocycles. The summed E-state index contributed by atoms with van der Waals surface area (Å²) in [5.74, 6) is 0.994. The predicted molar refractivity (Wildman–Crippen MR) is 69.5 cm³/mol. The largest absolute Gasteiger partial charge is 0.375 e. The smallest absolute Gasteiger partial charge is 0.0793 e. The van der Waals surface area contributed by atoms with Crippen LogP contribution in [0.1, 0.15) is 5.56 Å². The number of ether oxygens (including phenoxy) is 1. The topological polar surface area (TPSA) is 21.3 Å². The molecule has 0 amide bonds. The number of benzene rings is 1. The summed E-state index contributed by atoms with van der Waals surface area (Å²) >= 11 is 7.81. The summed E-state index contributed by atoms with van der Waals surface area (Å²) in [5.41, 5.74) is 1.13. The Balaban J connectivity index is 1.86. The lowest BCUT2D eigenvalue weighted by molar-refractivity contribution is 0.0441. The van der Waals surface area contributed by atoms with Gasteiger partial charge in [0.05, 0.1) is 12.7 Å². The van der Waals surface area contributed by atoms with Gasteiger partial charge in [0.15, 0.2) is 0 Å². The van der Waals surface area contributed by atoms with Crippen molar-refractivity contribution < 1.29 is 4.74 Å². The van der Waals surface area contributed by atoms with Crippen molar-refractivity contribution in [3.8, 4) is 0 Å². The summed E-state index contributed by atoms with van der Waals surface area (Å²) < 4.78 is 5.64. The lowest BCUT2D eigenvalue weighted by atomic mass is 10.2. The van der Waals surface area contributed by atoms with Gasteiger partial charge in [0.1, 0.15) is 0 Å². The fourth-order valence-corrected chi connectivity index (χ4v) is 2.76. The van der Waals surface area contributed by atoms with Crippen LogP contribution in [-0.4, -0.2) is 31.6 Å². The van der Waals surface area contributed by atoms with Gasteiger partial charge in [-0.1, -0.05) is 11.6 Å². The molecule has 1 atom stereocenters. The van der Waals surface area contributed by atoms with Crippen LogP contribution in [0.5, 0.6) is 0 Å². The summed E-state index contributed by atoms with van der Waals surface area (Å²) in [6.45, 7) is 4.79. The average Bonchev–Trinajstić information content (AvgIpc) is 2.32. The minimum Gasteiger partial charge on any atom is -0.375 e. The van der Waals surface area contributed by atoms with Gasteiger partial charge in [-0.25, -0.2) is 0 Å². The maximum Gasteiger partial charge on any atom is 0.0793 e. The van der Waals surface area contributed by atoms with Crippen molar-refractivity contribution in [1.82, 2.24) is 5.32 Å². The van der Waals surface area contributed by atoms with E-state index >= 15 is 0 Å². The average molecular weight is 258 g/mol. The van der Waals surface area contributed by atoms with Crippen LogP contribution in [0, 0.1) is 6.92 Å². The van der Waals surface area contributed by atoms with Gasteiger partial charge >= 0.3 is 0 Å². The summed E-state index contributed by atoms with van der Waals surface area (Å²) in [6, 6.07) is 6.15. The maximum absolute atomic E-state index is 5.99. The van der Waals surface area contributed by atoms with Crippen molar-refractivity contribution in [2.45, 2.75) is 17.9 Å². The van der Waals surface area contributed by atoms with E-state index in [9.17, 15) is 0 Å². The van der Waals surface area contributed by atoms with E-state index in [0.717, 1.165) is 36.0 Å². The Morgan fingerprint density at radius 3 is 3.12 bits per heavy atom. The number of rotatable bonds is 3. The number of morpholine rings is 1. The van der Waals surface area contributed by atoms with Gasteiger partial charge in [-0.15, -0.1) is 11.8 Å². The first kappa shape index (κ1) is 12.2. The normalized spacial score (nSPS) is 21.0. The zero-order valence-corrected chi connectivity index (χ0v) is 10.9. The van der Waals surface area contributed by atoms with Gasteiger partial charge < -0.3 is 10.1 Å². The standard InChI is InChI=1S/C12H16ClNOS/c1-9-6-11(2-3-12(9)13)16-8-10-7-14-4-5-15-10/h2-3,6,10,14H,4-5,7-8H2,1H3. The third-order valence-corrected chi connectivity index (χ3v) is 4.12. The minimum atomic E-state index is 0.328. The van der Waals surface area contributed by atoms with Crippen LogP contribution in [-0.2, 0) is 4.74 Å². The lowest BCUT2D eigenvalue weighted by Gasteiger charge is -2.23. The third-order valence-electron chi connectivity index (χ3n) is 2.57. The van der Waals surface area contributed by atoms with E-state index in [4.69, 9.17) is 16.3 Å². The van der Waals surface area contributed by atoms with Crippen molar-refractivity contribution in [2.75, 3.05) is 25.4 Å². The molecule has 1 fully saturated rings. The molecule has 2 rings (SSSR count). The number of halogens is 1. The van der Waals surface area contributed by atoms with E-state index in [1.807, 2.05) is 24.8 Å². The highest BCUT2D eigenvalue weighted by Gasteiger charge is 2.13. The molecule has 1 aliphatic heterocycles. The van der Waals surface area contributed by atoms with E-state index in [1.54, 1.807) is 0 Å². The van der Waals surface area contributed by atoms with Crippen LogP contribution >= 0.6 is 23.4 Å². The second-order valence-electron chi connectivity index (χ2n) is 3.92. The molecule has 0 aromatic heterocycles. The number of nitrogens with one attached hydrogen (secondary N) is 1. The molecule has 1 N–H and O–H groups in total. The molecule has 0 radical (unpaired) electrons. The molecule has 16 heavy (non-hydrogen) atoms. The van der Waals surface area contributed by atoms with Crippen molar-refractivity contribution in [1.29, 1.82) is 0 Å². The second-order valence-corrected chi connectivity index (χ2v) is 5.42. The zero-order chi connectivity index (χ0) is 11.4. The van der Waals surface area contributed by atoms with Crippen LogP contribution in [0.3, 0.4) is 0 Å². The highest BCUT2D eigenvalue weighted by molar-refractivity contribution is 7.99. The number of hydrogen-bond acceptors (Lipinski definition) is 3. The summed E-state index contributed by atoms with van der Waals surface area (Å²) in [6.07, 6.45) is 0.328. The molecule has 0 aliphatic carbocycles. The summed E-state index contributed by atoms with van der Waals surface area (Å²) in [4.78, 5) is 1.26. The fraction of sp³-hybridized carbons (Fsp3) is 0.500. The molecule has 1 aliphatic rings. The van der Waals surface area contributed by atoms with E-state index in [1.165, 1.54) is 4.90 Å². The first-order valence-electron chi connectivity index (χ1n) is 5.47. The molecule has 0 bridgehead atoms. The Bertz CT molecular complexity index is 353. The Hall–Kier alpha value is -0.220. The Morgan fingerprint density at radius 2 is 2.44 bits per heavy atom. The minimum absolute atomic E-state index is 0.328. The van der Waals surface area contributed by atoms with Crippen LogP contribution in [0.25, 0.3) is 0 Å². The molecular formula is C12H16ClNOS. The Morgan fingerprint density at radius 1 is 1.56 bits per heavy atom. The van der Waals surface area contributed by atoms with E-state index in [-0.39, 0.29) is 0 Å². The molecule has 2 nitrogen and oxygen atoms in total. The quantitative estimate of drug-likeness (QED) is 0.842. The Labute approximate surface area is 106 Å². The molecule has 1 unspecified atom stereocenters. The highest BCUT2D eigenvalue weighted by Crippen LogP contribution is 2.24. The van der Waals surface area contributed by atoms with Gasteiger partial charge in [-0.05, 0) is 30.7 Å². The number of hydrogen-bond donors (Lipinski definition) is 1. The molecule has 1 heterocycles. The number of aryl methyl sites for hydroxylation is 1. The van der Waals surface area contributed by atoms with Gasteiger partial charge in [0, 0.05) is 28.8 Å². The third kappa shape index (κ3) is 3.39. The molecular weight excluding hydrogens is 242 g/mol. The molecule has 0 saturated carbocycles. The zero-order valence-electron chi connectivity index (χ0n) is 9.33. The van der Waals surface area contributed by atoms with Crippen molar-refractivity contribution in [2.24, 2.45) is 0 Å². The fourth-order valence-electron chi connectivity index (χ4n) is 1.62. The highest BCUT2D eigenvalue weighted by atomic mass is 35.5. The SMILES string of the molecule is Cc1cc(SCC2CNCCO2)ccc1Cl. The van der Waals surface area contributed by atoms with Crippen LogP contribution < -0.4 is 5.32 Å². The predicted octanol–water partition coefficient (Wildman–Crippen LogP) is 2.73. The monoisotopic (exact) mass is 257 g/mol. The Kier molecular flexibility index (Phi) is 4.53. The molecule has 1 aromatic rings. The van der Waals surface area contributed by atoms with Gasteiger partial charge in [-0.2, -0.15) is 0 Å². The number of thioether (sulfide) groups is 1. The maximum atomic E-state index is 5.99. The van der Waals surface area contributed by atoms with E-state index in [2.05, 4.69) is 17.4 Å². The first-order chi connectivity index (χ1) is 7.75. The molecule has 4 heteroatoms. The van der Waals surface area contributed by atoms with Crippen molar-refractivity contribution >= 4 is 23.4 Å². The van der Waals surface area contributed by atoms with Crippen molar-refractivity contribution in [3.05, 3.63) is 28.8 Å². The molecule has 0 spiro atoms. The van der Waals surface area contributed by atoms with E-state index < -0.39 is 0 Å². The molecule has 88 valence electrons. The van der Waals surface area contributed by atoms with Crippen molar-refractivity contribution in [3.63, 3.8) is 0 Å². The van der Waals surface area contributed by atoms with Gasteiger partial charge in [0.2, 0.25) is 0 Å². The van der Waals surface area contributed by atoms with Gasteiger partial charge in [0.25, 0.3) is 0 Å². The van der Waals surface area contributed by atoms with Crippen LogP contribution in [0.2, 0.25) is 5.02 Å². The second kappa shape index (κ2) is 5.92. The van der Waals surface area contributed by atoms with Crippen LogP contribution in [0.15, 0.2) is 23.1 Å².